The molecule has 0 radical (unpaired) electrons. The van der Waals surface area contributed by atoms with E-state index in [1.54, 1.807) is 0 Å². The van der Waals surface area contributed by atoms with Gasteiger partial charge in [-0.05, 0) is 26.3 Å². The maximum Gasteiger partial charge on any atom is 0.389 e. The first-order valence-electron chi connectivity index (χ1n) is 6.36. The number of halogens is 3. The SMILES string of the molecule is CCCC(OCC)C(CCC(F)(F)F)NCC. The normalized spacial score (nSPS) is 15.9. The maximum atomic E-state index is 12.2. The van der Waals surface area contributed by atoms with Crippen LogP contribution in [0.15, 0.2) is 0 Å². The van der Waals surface area contributed by atoms with Crippen LogP contribution in [0.25, 0.3) is 0 Å². The lowest BCUT2D eigenvalue weighted by Gasteiger charge is -2.28. The number of rotatable bonds is 9. The first-order valence-corrected chi connectivity index (χ1v) is 6.36. The zero-order valence-corrected chi connectivity index (χ0v) is 10.9. The van der Waals surface area contributed by atoms with E-state index in [-0.39, 0.29) is 18.6 Å². The lowest BCUT2D eigenvalue weighted by molar-refractivity contribution is -0.138. The fraction of sp³-hybridized carbons (Fsp3) is 1.00. The van der Waals surface area contributed by atoms with Crippen molar-refractivity contribution in [3.8, 4) is 0 Å². The summed E-state index contributed by atoms with van der Waals surface area (Å²) in [4.78, 5) is 0. The van der Waals surface area contributed by atoms with E-state index in [9.17, 15) is 13.2 Å². The molecule has 0 aliphatic heterocycles. The van der Waals surface area contributed by atoms with E-state index in [2.05, 4.69) is 5.32 Å². The summed E-state index contributed by atoms with van der Waals surface area (Å²) in [6.07, 6.45) is -3.16. The zero-order valence-electron chi connectivity index (χ0n) is 10.9. The highest BCUT2D eigenvalue weighted by molar-refractivity contribution is 4.77. The van der Waals surface area contributed by atoms with Crippen LogP contribution in [0.4, 0.5) is 13.2 Å². The summed E-state index contributed by atoms with van der Waals surface area (Å²) in [5.41, 5.74) is 0. The molecule has 0 bridgehead atoms. The van der Waals surface area contributed by atoms with E-state index >= 15 is 0 Å². The Balaban J connectivity index is 4.33. The van der Waals surface area contributed by atoms with Crippen LogP contribution in [0.3, 0.4) is 0 Å². The molecule has 2 atom stereocenters. The van der Waals surface area contributed by atoms with E-state index in [4.69, 9.17) is 4.74 Å². The molecule has 0 heterocycles. The summed E-state index contributed by atoms with van der Waals surface area (Å²) in [6, 6.07) is -0.207. The molecule has 0 amide bonds. The van der Waals surface area contributed by atoms with Gasteiger partial charge in [-0.3, -0.25) is 0 Å². The Labute approximate surface area is 102 Å². The van der Waals surface area contributed by atoms with Gasteiger partial charge >= 0.3 is 6.18 Å². The van der Waals surface area contributed by atoms with Gasteiger partial charge in [-0.2, -0.15) is 13.2 Å². The summed E-state index contributed by atoms with van der Waals surface area (Å²) in [5, 5.41) is 3.10. The second kappa shape index (κ2) is 8.75. The van der Waals surface area contributed by atoms with Crippen LogP contribution in [0.1, 0.15) is 46.5 Å². The van der Waals surface area contributed by atoms with Crippen molar-refractivity contribution in [1.29, 1.82) is 0 Å². The first kappa shape index (κ1) is 16.7. The standard InChI is InChI=1S/C12H24F3NO/c1-4-7-11(17-6-3)10(16-5-2)8-9-12(13,14)15/h10-11,16H,4-9H2,1-3H3. The Morgan fingerprint density at radius 3 is 2.18 bits per heavy atom. The van der Waals surface area contributed by atoms with Gasteiger partial charge in [-0.1, -0.05) is 20.3 Å². The third-order valence-electron chi connectivity index (χ3n) is 2.61. The minimum absolute atomic E-state index is 0.0853. The molecular weight excluding hydrogens is 231 g/mol. The number of likely N-dealkylation sites (N-methyl/N-ethyl adjacent to an activating group) is 1. The number of ether oxygens (including phenoxy) is 1. The van der Waals surface area contributed by atoms with Crippen molar-refractivity contribution in [2.24, 2.45) is 0 Å². The van der Waals surface area contributed by atoms with Gasteiger partial charge < -0.3 is 10.1 Å². The molecule has 5 heteroatoms. The molecular formula is C12H24F3NO. The van der Waals surface area contributed by atoms with Gasteiger partial charge in [-0.25, -0.2) is 0 Å². The van der Waals surface area contributed by atoms with E-state index in [1.165, 1.54) is 0 Å². The quantitative estimate of drug-likeness (QED) is 0.680. The zero-order chi connectivity index (χ0) is 13.3. The molecule has 0 saturated heterocycles. The van der Waals surface area contributed by atoms with Gasteiger partial charge in [0.2, 0.25) is 0 Å². The lowest BCUT2D eigenvalue weighted by Crippen LogP contribution is -2.42. The Morgan fingerprint density at radius 2 is 1.76 bits per heavy atom. The minimum Gasteiger partial charge on any atom is -0.377 e. The maximum absolute atomic E-state index is 12.2. The van der Waals surface area contributed by atoms with Crippen LogP contribution in [0, 0.1) is 0 Å². The van der Waals surface area contributed by atoms with Crippen LogP contribution in [0.5, 0.6) is 0 Å². The second-order valence-corrected chi connectivity index (χ2v) is 4.10. The fourth-order valence-corrected chi connectivity index (χ4v) is 1.90. The third kappa shape index (κ3) is 8.44. The van der Waals surface area contributed by atoms with Crippen LogP contribution < -0.4 is 5.32 Å². The highest BCUT2D eigenvalue weighted by Crippen LogP contribution is 2.24. The van der Waals surface area contributed by atoms with Crippen LogP contribution in [0.2, 0.25) is 0 Å². The Hall–Kier alpha value is -0.290. The number of nitrogens with one attached hydrogen (secondary N) is 1. The van der Waals surface area contributed by atoms with Crippen molar-refractivity contribution in [3.05, 3.63) is 0 Å². The topological polar surface area (TPSA) is 21.3 Å². The monoisotopic (exact) mass is 255 g/mol. The predicted octanol–water partition coefficient (Wildman–Crippen LogP) is 3.51. The number of hydrogen-bond donors (Lipinski definition) is 1. The number of hydrogen-bond acceptors (Lipinski definition) is 2. The Morgan fingerprint density at radius 1 is 1.12 bits per heavy atom. The molecule has 0 aliphatic rings. The summed E-state index contributed by atoms with van der Waals surface area (Å²) >= 11 is 0. The van der Waals surface area contributed by atoms with Crippen molar-refractivity contribution in [1.82, 2.24) is 5.32 Å². The molecule has 17 heavy (non-hydrogen) atoms. The van der Waals surface area contributed by atoms with Gasteiger partial charge in [0.05, 0.1) is 6.10 Å². The molecule has 0 spiro atoms. The third-order valence-corrected chi connectivity index (χ3v) is 2.61. The van der Waals surface area contributed by atoms with Gasteiger partial charge in [-0.15, -0.1) is 0 Å². The summed E-state index contributed by atoms with van der Waals surface area (Å²) in [5.74, 6) is 0. The van der Waals surface area contributed by atoms with E-state index < -0.39 is 12.6 Å². The number of alkyl halides is 3. The van der Waals surface area contributed by atoms with Crippen molar-refractivity contribution in [2.45, 2.75) is 64.8 Å². The lowest BCUT2D eigenvalue weighted by atomic mass is 10.0. The smallest absolute Gasteiger partial charge is 0.377 e. The Kier molecular flexibility index (Phi) is 8.60. The molecule has 104 valence electrons. The average molecular weight is 255 g/mol. The van der Waals surface area contributed by atoms with Crippen molar-refractivity contribution < 1.29 is 17.9 Å². The Bertz CT molecular complexity index is 179. The molecule has 2 nitrogen and oxygen atoms in total. The minimum atomic E-state index is -4.09. The van der Waals surface area contributed by atoms with Crippen molar-refractivity contribution in [2.75, 3.05) is 13.2 Å². The molecule has 0 fully saturated rings. The molecule has 1 N–H and O–H groups in total. The molecule has 0 aliphatic carbocycles. The first-order chi connectivity index (χ1) is 7.94. The molecule has 2 unspecified atom stereocenters. The fourth-order valence-electron chi connectivity index (χ4n) is 1.90. The van der Waals surface area contributed by atoms with Crippen LogP contribution >= 0.6 is 0 Å². The molecule has 0 aromatic rings. The summed E-state index contributed by atoms with van der Waals surface area (Å²) < 4.78 is 42.2. The second-order valence-electron chi connectivity index (χ2n) is 4.10. The van der Waals surface area contributed by atoms with Crippen molar-refractivity contribution >= 4 is 0 Å². The highest BCUT2D eigenvalue weighted by Gasteiger charge is 2.30. The van der Waals surface area contributed by atoms with Gasteiger partial charge in [0, 0.05) is 19.1 Å². The van der Waals surface area contributed by atoms with E-state index in [0.717, 1.165) is 12.8 Å². The van der Waals surface area contributed by atoms with Crippen molar-refractivity contribution in [3.63, 3.8) is 0 Å². The van der Waals surface area contributed by atoms with Crippen LogP contribution in [-0.4, -0.2) is 31.5 Å². The van der Waals surface area contributed by atoms with Crippen LogP contribution in [-0.2, 0) is 4.74 Å². The van der Waals surface area contributed by atoms with E-state index in [0.29, 0.717) is 13.2 Å². The summed E-state index contributed by atoms with van der Waals surface area (Å²) in [7, 11) is 0. The molecule has 0 rings (SSSR count). The van der Waals surface area contributed by atoms with E-state index in [1.807, 2.05) is 20.8 Å². The average Bonchev–Trinajstić information content (AvgIpc) is 2.23. The summed E-state index contributed by atoms with van der Waals surface area (Å²) in [6.45, 7) is 6.98. The molecule has 0 aromatic heterocycles. The van der Waals surface area contributed by atoms with Gasteiger partial charge in [0.25, 0.3) is 0 Å². The molecule has 0 aromatic carbocycles. The molecule has 0 saturated carbocycles. The predicted molar refractivity (Wildman–Crippen MR) is 63.1 cm³/mol. The highest BCUT2D eigenvalue weighted by atomic mass is 19.4. The van der Waals surface area contributed by atoms with Gasteiger partial charge in [0.15, 0.2) is 0 Å². The van der Waals surface area contributed by atoms with Gasteiger partial charge in [0.1, 0.15) is 0 Å². The largest absolute Gasteiger partial charge is 0.389 e.